The van der Waals surface area contributed by atoms with E-state index in [0.29, 0.717) is 0 Å². The van der Waals surface area contributed by atoms with Gasteiger partial charge in [-0.2, -0.15) is 5.10 Å². The maximum atomic E-state index is 11.5. The Balaban J connectivity index is 1.74. The molecule has 0 bridgehead atoms. The Labute approximate surface area is 118 Å². The van der Waals surface area contributed by atoms with E-state index in [2.05, 4.69) is 25.7 Å². The van der Waals surface area contributed by atoms with Crippen molar-refractivity contribution in [3.05, 3.63) is 35.1 Å². The van der Waals surface area contributed by atoms with E-state index in [1.165, 1.54) is 23.1 Å². The van der Waals surface area contributed by atoms with Crippen LogP contribution in [0.3, 0.4) is 0 Å². The maximum Gasteiger partial charge on any atom is 0.250 e. The fourth-order valence-electron chi connectivity index (χ4n) is 1.13. The largest absolute Gasteiger partial charge is 0.272 e. The zero-order valence-corrected chi connectivity index (χ0v) is 11.7. The van der Waals surface area contributed by atoms with Crippen LogP contribution in [0.25, 0.3) is 0 Å². The number of aryl methyl sites for hydroxylation is 1. The number of hydrogen-bond donors (Lipinski definition) is 1. The Kier molecular flexibility index (Phi) is 4.99. The summed E-state index contributed by atoms with van der Waals surface area (Å²) in [5.74, 6) is 0.0805. The van der Waals surface area contributed by atoms with Crippen LogP contribution in [0, 0.1) is 6.92 Å². The van der Waals surface area contributed by atoms with Crippen molar-refractivity contribution in [2.75, 3.05) is 5.75 Å². The van der Waals surface area contributed by atoms with Crippen molar-refractivity contribution in [2.45, 2.75) is 11.3 Å². The molecular weight excluding hydrogens is 282 g/mol. The molecule has 2 rings (SSSR count). The highest BCUT2D eigenvalue weighted by atomic mass is 32.2. The summed E-state index contributed by atoms with van der Waals surface area (Å²) in [6.45, 7) is 1.87. The number of carbonyl (C=O) groups is 1. The monoisotopic (exact) mass is 293 g/mol. The highest BCUT2D eigenvalue weighted by molar-refractivity contribution is 8.01. The number of amides is 1. The minimum absolute atomic E-state index is 0.182. The molecule has 0 atom stereocenters. The summed E-state index contributed by atoms with van der Waals surface area (Å²) in [5.41, 5.74) is 3.28. The number of thioether (sulfide) groups is 1. The first kappa shape index (κ1) is 13.6. The van der Waals surface area contributed by atoms with Crippen LogP contribution in [-0.4, -0.2) is 33.1 Å². The minimum Gasteiger partial charge on any atom is -0.272 e. The normalized spacial score (nSPS) is 10.8. The van der Waals surface area contributed by atoms with Gasteiger partial charge in [0.2, 0.25) is 0 Å². The maximum absolute atomic E-state index is 11.5. The summed E-state index contributed by atoms with van der Waals surface area (Å²) in [6.07, 6.45) is 4.88. The molecule has 8 heteroatoms. The number of nitrogens with one attached hydrogen (secondary N) is 1. The second-order valence-electron chi connectivity index (χ2n) is 3.46. The van der Waals surface area contributed by atoms with Gasteiger partial charge in [-0.15, -0.1) is 10.2 Å². The molecule has 0 aromatic carbocycles. The van der Waals surface area contributed by atoms with Gasteiger partial charge in [0, 0.05) is 18.0 Å². The Hall–Kier alpha value is -1.80. The molecule has 0 aliphatic rings. The standard InChI is InChI=1S/C11H11N5OS2/c1-8-14-16-11(19-8)18-7-10(17)15-13-6-9-3-2-4-12-5-9/h2-6H,7H2,1H3,(H,15,17)/b13-6+. The van der Waals surface area contributed by atoms with Gasteiger partial charge in [-0.1, -0.05) is 29.2 Å². The van der Waals surface area contributed by atoms with E-state index >= 15 is 0 Å². The van der Waals surface area contributed by atoms with E-state index in [1.54, 1.807) is 24.7 Å². The number of hydrogen-bond acceptors (Lipinski definition) is 7. The molecule has 0 radical (unpaired) electrons. The first-order valence-electron chi connectivity index (χ1n) is 5.39. The summed E-state index contributed by atoms with van der Waals surface area (Å²) in [5, 5.41) is 12.5. The summed E-state index contributed by atoms with van der Waals surface area (Å²) in [6, 6.07) is 3.65. The second-order valence-corrected chi connectivity index (χ2v) is 5.86. The van der Waals surface area contributed by atoms with Gasteiger partial charge in [0.05, 0.1) is 12.0 Å². The fourth-order valence-corrected chi connectivity index (χ4v) is 2.74. The van der Waals surface area contributed by atoms with Crippen LogP contribution in [-0.2, 0) is 4.79 Å². The Bertz CT molecular complexity index is 569. The van der Waals surface area contributed by atoms with Gasteiger partial charge in [-0.25, -0.2) is 5.43 Å². The van der Waals surface area contributed by atoms with Gasteiger partial charge in [0.1, 0.15) is 5.01 Å². The number of rotatable bonds is 5. The van der Waals surface area contributed by atoms with E-state index < -0.39 is 0 Å². The molecule has 0 saturated heterocycles. The molecule has 2 aromatic heterocycles. The zero-order valence-electron chi connectivity index (χ0n) is 10.1. The molecule has 2 aromatic rings. The molecule has 0 aliphatic heterocycles. The average Bonchev–Trinajstić information content (AvgIpc) is 2.83. The van der Waals surface area contributed by atoms with E-state index in [9.17, 15) is 4.79 Å². The Morgan fingerprint density at radius 1 is 1.58 bits per heavy atom. The molecule has 0 aliphatic carbocycles. The summed E-state index contributed by atoms with van der Waals surface area (Å²) in [4.78, 5) is 15.4. The molecule has 19 heavy (non-hydrogen) atoms. The van der Waals surface area contributed by atoms with Crippen molar-refractivity contribution in [1.82, 2.24) is 20.6 Å². The van der Waals surface area contributed by atoms with Gasteiger partial charge >= 0.3 is 0 Å². The molecule has 0 spiro atoms. The van der Waals surface area contributed by atoms with Crippen LogP contribution in [0.4, 0.5) is 0 Å². The van der Waals surface area contributed by atoms with Crippen LogP contribution in [0.2, 0.25) is 0 Å². The number of carbonyl (C=O) groups excluding carboxylic acids is 1. The van der Waals surface area contributed by atoms with Crippen molar-refractivity contribution < 1.29 is 4.79 Å². The van der Waals surface area contributed by atoms with Crippen LogP contribution in [0.15, 0.2) is 34.0 Å². The predicted molar refractivity (Wildman–Crippen MR) is 75.3 cm³/mol. The van der Waals surface area contributed by atoms with Crippen LogP contribution < -0.4 is 5.43 Å². The zero-order chi connectivity index (χ0) is 13.5. The third kappa shape index (κ3) is 4.76. The molecule has 0 saturated carbocycles. The minimum atomic E-state index is -0.182. The molecule has 98 valence electrons. The van der Waals surface area contributed by atoms with E-state index in [-0.39, 0.29) is 11.7 Å². The van der Waals surface area contributed by atoms with Crippen LogP contribution in [0.1, 0.15) is 10.6 Å². The number of aromatic nitrogens is 3. The van der Waals surface area contributed by atoms with E-state index in [0.717, 1.165) is 14.9 Å². The smallest absolute Gasteiger partial charge is 0.250 e. The lowest BCUT2D eigenvalue weighted by atomic mass is 10.3. The molecule has 6 nitrogen and oxygen atoms in total. The molecular formula is C11H11N5OS2. The lowest BCUT2D eigenvalue weighted by Gasteiger charge is -1.97. The van der Waals surface area contributed by atoms with Gasteiger partial charge in [-0.05, 0) is 13.0 Å². The molecule has 1 amide bonds. The van der Waals surface area contributed by atoms with Gasteiger partial charge in [-0.3, -0.25) is 9.78 Å². The molecule has 2 heterocycles. The number of hydrazone groups is 1. The van der Waals surface area contributed by atoms with Gasteiger partial charge < -0.3 is 0 Å². The molecule has 0 unspecified atom stereocenters. The van der Waals surface area contributed by atoms with E-state index in [4.69, 9.17) is 0 Å². The van der Waals surface area contributed by atoms with Crippen molar-refractivity contribution in [3.63, 3.8) is 0 Å². The highest BCUT2D eigenvalue weighted by Crippen LogP contribution is 2.21. The summed E-state index contributed by atoms with van der Waals surface area (Å²) >= 11 is 2.81. The van der Waals surface area contributed by atoms with Crippen LogP contribution >= 0.6 is 23.1 Å². The average molecular weight is 293 g/mol. The number of pyridine rings is 1. The lowest BCUT2D eigenvalue weighted by molar-refractivity contribution is -0.118. The lowest BCUT2D eigenvalue weighted by Crippen LogP contribution is -2.19. The predicted octanol–water partition coefficient (Wildman–Crippen LogP) is 1.48. The summed E-state index contributed by atoms with van der Waals surface area (Å²) < 4.78 is 0.781. The second kappa shape index (κ2) is 6.95. The molecule has 1 N–H and O–H groups in total. The topological polar surface area (TPSA) is 80.1 Å². The quantitative estimate of drug-likeness (QED) is 0.513. The van der Waals surface area contributed by atoms with Crippen molar-refractivity contribution in [1.29, 1.82) is 0 Å². The van der Waals surface area contributed by atoms with Gasteiger partial charge in [0.25, 0.3) is 5.91 Å². The first-order valence-corrected chi connectivity index (χ1v) is 7.19. The number of nitrogens with zero attached hydrogens (tertiary/aromatic N) is 4. The van der Waals surface area contributed by atoms with Gasteiger partial charge in [0.15, 0.2) is 4.34 Å². The van der Waals surface area contributed by atoms with Crippen molar-refractivity contribution >= 4 is 35.2 Å². The van der Waals surface area contributed by atoms with Crippen LogP contribution in [0.5, 0.6) is 0 Å². The first-order chi connectivity index (χ1) is 9.24. The fraction of sp³-hybridized carbons (Fsp3) is 0.182. The third-order valence-corrected chi connectivity index (χ3v) is 3.89. The van der Waals surface area contributed by atoms with E-state index in [1.807, 2.05) is 13.0 Å². The summed E-state index contributed by atoms with van der Waals surface area (Å²) in [7, 11) is 0. The van der Waals surface area contributed by atoms with Crippen molar-refractivity contribution in [3.8, 4) is 0 Å². The Morgan fingerprint density at radius 3 is 3.16 bits per heavy atom. The third-order valence-electron chi connectivity index (χ3n) is 1.92. The Morgan fingerprint density at radius 2 is 2.47 bits per heavy atom. The SMILES string of the molecule is Cc1nnc(SCC(=O)N/N=C/c2cccnc2)s1. The molecule has 0 fully saturated rings. The van der Waals surface area contributed by atoms with Crippen molar-refractivity contribution in [2.24, 2.45) is 5.10 Å². The highest BCUT2D eigenvalue weighted by Gasteiger charge is 2.05.